The van der Waals surface area contributed by atoms with E-state index in [-0.39, 0.29) is 66.1 Å². The van der Waals surface area contributed by atoms with Crippen LogP contribution < -0.4 is 0 Å². The van der Waals surface area contributed by atoms with Gasteiger partial charge in [0.1, 0.15) is 0 Å². The van der Waals surface area contributed by atoms with Crippen LogP contribution in [-0.4, -0.2) is 111 Å². The smallest absolute Gasteiger partial charge is 0.352 e. The van der Waals surface area contributed by atoms with Gasteiger partial charge < -0.3 is 64.8 Å². The van der Waals surface area contributed by atoms with Crippen molar-refractivity contribution < 1.29 is 64.8 Å². The molecule has 0 atom stereocenters. The van der Waals surface area contributed by atoms with Gasteiger partial charge in [-0.25, -0.2) is 0 Å². The molecule has 0 aromatic heterocycles. The summed E-state index contributed by atoms with van der Waals surface area (Å²) < 4.78 is 105. The van der Waals surface area contributed by atoms with Crippen molar-refractivity contribution in [3.63, 3.8) is 0 Å². The molecule has 0 saturated carbocycles. The molecular formula is C40H90O15Si5. The summed E-state index contributed by atoms with van der Waals surface area (Å²) in [6.45, 7) is 23.4. The summed E-state index contributed by atoms with van der Waals surface area (Å²) in [4.78, 5) is 0. The topological polar surface area (TPSA) is 138 Å². The van der Waals surface area contributed by atoms with Crippen molar-refractivity contribution in [1.82, 2.24) is 0 Å². The quantitative estimate of drug-likeness (QED) is 0.0425. The highest BCUT2D eigenvalue weighted by molar-refractivity contribution is 6.83. The van der Waals surface area contributed by atoms with Crippen molar-refractivity contribution in [1.29, 1.82) is 0 Å². The highest BCUT2D eigenvalue weighted by Crippen LogP contribution is 2.37. The third kappa shape index (κ3) is 23.6. The highest BCUT2D eigenvalue weighted by atomic mass is 28.6. The van der Waals surface area contributed by atoms with Gasteiger partial charge in [-0.05, 0) is 64.2 Å². The molecule has 0 radical (unpaired) electrons. The van der Waals surface area contributed by atoms with E-state index in [9.17, 15) is 0 Å². The fourth-order valence-electron chi connectivity index (χ4n) is 5.08. The SMILES string of the molecule is CCCCO[Si]1(OCCCC)O[Si](OCCCC)(OCCCC)O[Si](OCCCC)(OCCCC)O[Si](OCCCC)(OCCCC)O[Si](OCCCC)(OCCCC)O1. The van der Waals surface area contributed by atoms with Crippen LogP contribution in [0.3, 0.4) is 0 Å². The summed E-state index contributed by atoms with van der Waals surface area (Å²) in [5, 5.41) is 0. The first kappa shape index (κ1) is 58.5. The van der Waals surface area contributed by atoms with E-state index in [4.69, 9.17) is 64.8 Å². The average molecular weight is 952 g/mol. The molecular weight excluding hydrogens is 861 g/mol. The van der Waals surface area contributed by atoms with Crippen LogP contribution in [0.2, 0.25) is 0 Å². The van der Waals surface area contributed by atoms with Crippen molar-refractivity contribution in [3.8, 4) is 0 Å². The predicted molar refractivity (Wildman–Crippen MR) is 243 cm³/mol. The molecule has 1 saturated heterocycles. The Morgan fingerprint density at radius 3 is 0.383 bits per heavy atom. The van der Waals surface area contributed by atoms with Crippen molar-refractivity contribution in [2.24, 2.45) is 0 Å². The molecule has 0 spiro atoms. The van der Waals surface area contributed by atoms with E-state index in [1.807, 2.05) is 0 Å². The molecule has 20 heteroatoms. The molecule has 1 heterocycles. The van der Waals surface area contributed by atoms with Gasteiger partial charge in [-0.15, -0.1) is 0 Å². The lowest BCUT2D eigenvalue weighted by Crippen LogP contribution is -2.76. The fraction of sp³-hybridized carbons (Fsp3) is 1.00. The average Bonchev–Trinajstić information content (AvgIpc) is 3.22. The minimum absolute atomic E-state index is 0.249. The van der Waals surface area contributed by atoms with E-state index >= 15 is 0 Å². The summed E-state index contributed by atoms with van der Waals surface area (Å²) >= 11 is 0. The monoisotopic (exact) mass is 951 g/mol. The maximum absolute atomic E-state index is 7.26. The normalized spacial score (nSPS) is 18.5. The Balaban J connectivity index is 4.65. The van der Waals surface area contributed by atoms with Gasteiger partial charge in [-0.1, -0.05) is 133 Å². The van der Waals surface area contributed by atoms with Gasteiger partial charge >= 0.3 is 45.2 Å². The fourth-order valence-corrected chi connectivity index (χ4v) is 23.0. The second-order valence-corrected chi connectivity index (χ2v) is 27.0. The highest BCUT2D eigenvalue weighted by Gasteiger charge is 2.75. The van der Waals surface area contributed by atoms with E-state index in [2.05, 4.69) is 69.2 Å². The third-order valence-corrected chi connectivity index (χ3v) is 24.6. The molecule has 0 aromatic carbocycles. The molecule has 360 valence electrons. The lowest BCUT2D eigenvalue weighted by molar-refractivity contribution is -0.112. The number of hydrogen-bond acceptors (Lipinski definition) is 15. The van der Waals surface area contributed by atoms with Crippen LogP contribution in [0, 0.1) is 0 Å². The molecule has 1 aliphatic rings. The van der Waals surface area contributed by atoms with Gasteiger partial charge in [0.2, 0.25) is 0 Å². The lowest BCUT2D eigenvalue weighted by atomic mass is 10.4. The van der Waals surface area contributed by atoms with Crippen LogP contribution in [0.1, 0.15) is 198 Å². The van der Waals surface area contributed by atoms with E-state index < -0.39 is 45.2 Å². The molecule has 0 N–H and O–H groups in total. The molecule has 0 amide bonds. The van der Waals surface area contributed by atoms with Crippen LogP contribution in [-0.2, 0) is 64.8 Å². The van der Waals surface area contributed by atoms with E-state index in [1.54, 1.807) is 0 Å². The van der Waals surface area contributed by atoms with Crippen LogP contribution in [0.4, 0.5) is 0 Å². The van der Waals surface area contributed by atoms with Crippen molar-refractivity contribution in [3.05, 3.63) is 0 Å². The lowest BCUT2D eigenvalue weighted by Gasteiger charge is -2.46. The maximum atomic E-state index is 7.26. The number of hydrogen-bond donors (Lipinski definition) is 0. The first-order valence-corrected chi connectivity index (χ1v) is 32.2. The van der Waals surface area contributed by atoms with Crippen LogP contribution in [0.5, 0.6) is 0 Å². The Kier molecular flexibility index (Phi) is 34.8. The van der Waals surface area contributed by atoms with E-state index in [0.29, 0.717) is 64.2 Å². The van der Waals surface area contributed by atoms with Gasteiger partial charge in [-0.3, -0.25) is 0 Å². The maximum Gasteiger partial charge on any atom is 0.668 e. The first-order valence-electron chi connectivity index (χ1n) is 24.0. The van der Waals surface area contributed by atoms with Crippen molar-refractivity contribution in [2.45, 2.75) is 198 Å². The zero-order valence-corrected chi connectivity index (χ0v) is 44.8. The second kappa shape index (κ2) is 35.7. The first-order chi connectivity index (χ1) is 29.1. The number of rotatable bonds is 40. The van der Waals surface area contributed by atoms with Crippen LogP contribution in [0.25, 0.3) is 0 Å². The van der Waals surface area contributed by atoms with Gasteiger partial charge in [-0.2, -0.15) is 0 Å². The van der Waals surface area contributed by atoms with Crippen molar-refractivity contribution >= 4 is 45.2 Å². The molecule has 15 nitrogen and oxygen atoms in total. The number of unbranched alkanes of at least 4 members (excludes halogenated alkanes) is 10. The zero-order chi connectivity index (χ0) is 44.3. The Hall–Kier alpha value is 0.484. The summed E-state index contributed by atoms with van der Waals surface area (Å²) in [7, 11) is -22.7. The summed E-state index contributed by atoms with van der Waals surface area (Å²) in [6.07, 6.45) is 15.5. The molecule has 1 rings (SSSR count). The minimum Gasteiger partial charge on any atom is -0.352 e. The van der Waals surface area contributed by atoms with Crippen molar-refractivity contribution in [2.75, 3.05) is 66.1 Å². The summed E-state index contributed by atoms with van der Waals surface area (Å²) in [5.74, 6) is 0. The molecule has 1 fully saturated rings. The van der Waals surface area contributed by atoms with Gasteiger partial charge in [0, 0.05) is 66.1 Å². The molecule has 1 aliphatic heterocycles. The minimum atomic E-state index is -4.54. The Labute approximate surface area is 372 Å². The molecule has 0 unspecified atom stereocenters. The zero-order valence-electron chi connectivity index (χ0n) is 39.8. The summed E-state index contributed by atoms with van der Waals surface area (Å²) in [5.41, 5.74) is 0. The Morgan fingerprint density at radius 2 is 0.300 bits per heavy atom. The second-order valence-electron chi connectivity index (χ2n) is 15.0. The molecule has 60 heavy (non-hydrogen) atoms. The summed E-state index contributed by atoms with van der Waals surface area (Å²) in [6, 6.07) is 0. The van der Waals surface area contributed by atoms with Gasteiger partial charge in [0.05, 0.1) is 0 Å². The van der Waals surface area contributed by atoms with E-state index in [1.165, 1.54) is 0 Å². The van der Waals surface area contributed by atoms with Gasteiger partial charge in [0.15, 0.2) is 0 Å². The van der Waals surface area contributed by atoms with E-state index in [0.717, 1.165) is 64.2 Å². The van der Waals surface area contributed by atoms with Gasteiger partial charge in [0.25, 0.3) is 0 Å². The standard InChI is InChI=1S/C40H90O15Si5/c1-11-21-31-41-56(42-32-22-12-2)51-57(43-33-23-13-3,44-34-24-14-4)53-59(47-37-27-17-7,48-38-28-18-8)55-60(49-39-29-19-9,50-40-30-20-10)54-58(52-56,45-35-25-15-5)46-36-26-16-6/h11-40H2,1-10H3. The third-order valence-electron chi connectivity index (χ3n) is 9.02. The van der Waals surface area contributed by atoms with Crippen LogP contribution in [0.15, 0.2) is 0 Å². The van der Waals surface area contributed by atoms with Crippen LogP contribution >= 0.6 is 0 Å². The Bertz CT molecular complexity index is 752. The molecule has 0 bridgehead atoms. The largest absolute Gasteiger partial charge is 0.668 e. The predicted octanol–water partition coefficient (Wildman–Crippen LogP) is 10.4. The molecule has 0 aliphatic carbocycles. The Morgan fingerprint density at radius 1 is 0.200 bits per heavy atom. The molecule has 0 aromatic rings.